The second-order valence-electron chi connectivity index (χ2n) is 21.7. The summed E-state index contributed by atoms with van der Waals surface area (Å²) >= 11 is 0. The normalized spacial score (nSPS) is 12.6. The fourth-order valence-electron chi connectivity index (χ4n) is 9.99. The van der Waals surface area contributed by atoms with Crippen LogP contribution in [0.15, 0.2) is 12.2 Å². The third-order valence-electron chi connectivity index (χ3n) is 14.8. The minimum Gasteiger partial charge on any atom is -0.466 e. The molecule has 0 aromatic rings. The molecule has 0 aliphatic heterocycles. The van der Waals surface area contributed by atoms with Gasteiger partial charge in [-0.25, -0.2) is 0 Å². The zero-order valence-electron chi connectivity index (χ0n) is 46.8. The molecule has 0 fully saturated rings. The second-order valence-corrected chi connectivity index (χ2v) is 21.7. The third kappa shape index (κ3) is 55.8. The van der Waals surface area contributed by atoms with Crippen molar-refractivity contribution in [3.05, 3.63) is 12.2 Å². The Morgan fingerprint density at radius 2 is 0.681 bits per heavy atom. The number of hydrogen-bond acceptors (Lipinski definition) is 5. The Labute approximate surface area is 431 Å². The SMILES string of the molecule is CCCCCCCCCCCCCCC(=O)OCCCCCCCCCCCCCC/C=C\CCCCCCCCCCCCCCCCCC(=O)NC(CO)C(O)CCCCCCCCCCC. The number of aliphatic hydroxyl groups is 2. The van der Waals surface area contributed by atoms with Crippen LogP contribution in [0.3, 0.4) is 0 Å². The van der Waals surface area contributed by atoms with E-state index in [4.69, 9.17) is 4.74 Å². The van der Waals surface area contributed by atoms with Gasteiger partial charge in [0.25, 0.3) is 0 Å². The number of allylic oxidation sites excluding steroid dienone is 2. The molecule has 410 valence electrons. The van der Waals surface area contributed by atoms with E-state index in [-0.39, 0.29) is 18.5 Å². The molecule has 0 saturated heterocycles. The first kappa shape index (κ1) is 67.6. The maximum atomic E-state index is 12.4. The lowest BCUT2D eigenvalue weighted by Crippen LogP contribution is -2.45. The first-order chi connectivity index (χ1) is 34.0. The van der Waals surface area contributed by atoms with Crippen molar-refractivity contribution in [2.24, 2.45) is 0 Å². The minimum absolute atomic E-state index is 0.0187. The van der Waals surface area contributed by atoms with Gasteiger partial charge in [0.05, 0.1) is 25.4 Å². The first-order valence-electron chi connectivity index (χ1n) is 31.4. The molecule has 0 bridgehead atoms. The lowest BCUT2D eigenvalue weighted by atomic mass is 10.0. The van der Waals surface area contributed by atoms with E-state index in [1.54, 1.807) is 0 Å². The Kier molecular flexibility index (Phi) is 58.0. The van der Waals surface area contributed by atoms with E-state index in [1.165, 1.54) is 283 Å². The topological polar surface area (TPSA) is 95.9 Å². The Hall–Kier alpha value is -1.40. The highest BCUT2D eigenvalue weighted by atomic mass is 16.5. The molecule has 0 aromatic carbocycles. The summed E-state index contributed by atoms with van der Waals surface area (Å²) in [6, 6.07) is -0.536. The summed E-state index contributed by atoms with van der Waals surface area (Å²) in [4.78, 5) is 24.4. The smallest absolute Gasteiger partial charge is 0.305 e. The summed E-state index contributed by atoms with van der Waals surface area (Å²) in [5, 5.41) is 23.1. The number of carbonyl (C=O) groups excluding carboxylic acids is 2. The molecule has 0 heterocycles. The van der Waals surface area contributed by atoms with Crippen molar-refractivity contribution < 1.29 is 24.5 Å². The van der Waals surface area contributed by atoms with Crippen LogP contribution in [0.2, 0.25) is 0 Å². The largest absolute Gasteiger partial charge is 0.466 e. The van der Waals surface area contributed by atoms with Gasteiger partial charge in [-0.15, -0.1) is 0 Å². The lowest BCUT2D eigenvalue weighted by molar-refractivity contribution is -0.143. The molecule has 0 aromatic heterocycles. The van der Waals surface area contributed by atoms with E-state index in [2.05, 4.69) is 31.3 Å². The number of carbonyl (C=O) groups is 2. The average Bonchev–Trinajstić information content (AvgIpc) is 3.35. The van der Waals surface area contributed by atoms with Gasteiger partial charge in [0, 0.05) is 12.8 Å². The van der Waals surface area contributed by atoms with Gasteiger partial charge < -0.3 is 20.3 Å². The van der Waals surface area contributed by atoms with E-state index in [1.807, 2.05) is 0 Å². The number of nitrogens with one attached hydrogen (secondary N) is 1. The van der Waals surface area contributed by atoms with Gasteiger partial charge in [0.1, 0.15) is 0 Å². The Morgan fingerprint density at radius 1 is 0.391 bits per heavy atom. The van der Waals surface area contributed by atoms with Crippen LogP contribution in [-0.2, 0) is 14.3 Å². The van der Waals surface area contributed by atoms with E-state index >= 15 is 0 Å². The number of rotatable bonds is 59. The molecule has 2 atom stereocenters. The fourth-order valence-corrected chi connectivity index (χ4v) is 9.99. The quantitative estimate of drug-likeness (QED) is 0.0321. The van der Waals surface area contributed by atoms with Gasteiger partial charge in [-0.3, -0.25) is 9.59 Å². The molecule has 3 N–H and O–H groups in total. The predicted molar refractivity (Wildman–Crippen MR) is 301 cm³/mol. The summed E-state index contributed by atoms with van der Waals surface area (Å²) in [5.74, 6) is -0.0150. The molecule has 0 rings (SSSR count). The Bertz CT molecular complexity index is 1030. The average molecular weight is 975 g/mol. The number of hydrogen-bond donors (Lipinski definition) is 3. The Balaban J connectivity index is 3.32. The molecular formula is C63H123NO5. The third-order valence-corrected chi connectivity index (χ3v) is 14.8. The predicted octanol–water partition coefficient (Wildman–Crippen LogP) is 19.6. The fraction of sp³-hybridized carbons (Fsp3) is 0.937. The highest BCUT2D eigenvalue weighted by Crippen LogP contribution is 2.18. The minimum atomic E-state index is -0.659. The van der Waals surface area contributed by atoms with Crippen LogP contribution in [-0.4, -0.2) is 47.4 Å². The number of aliphatic hydroxyl groups excluding tert-OH is 2. The van der Waals surface area contributed by atoms with E-state index in [0.29, 0.717) is 25.9 Å². The summed E-state index contributed by atoms with van der Waals surface area (Å²) in [7, 11) is 0. The number of amides is 1. The molecule has 1 amide bonds. The Morgan fingerprint density at radius 3 is 1.03 bits per heavy atom. The zero-order valence-corrected chi connectivity index (χ0v) is 46.8. The highest BCUT2D eigenvalue weighted by Gasteiger charge is 2.20. The monoisotopic (exact) mass is 974 g/mol. The standard InChI is InChI=1S/C63H123NO5/c1-3-5-7-9-11-13-14-37-41-45-49-53-57-63(68)69-58-54-50-46-42-38-35-33-31-29-27-25-23-21-19-17-15-16-18-20-22-24-26-28-30-32-34-36-40-44-48-52-56-62(67)64-60(59-65)61(66)55-51-47-43-39-12-10-8-6-4-2/h17,19,60-61,65-66H,3-16,18,20-59H2,1-2H3,(H,64,67)/b19-17-. The summed E-state index contributed by atoms with van der Waals surface area (Å²) in [6.07, 6.45) is 71.1. The van der Waals surface area contributed by atoms with Gasteiger partial charge in [0.15, 0.2) is 0 Å². The molecule has 0 spiro atoms. The van der Waals surface area contributed by atoms with Crippen LogP contribution in [0, 0.1) is 0 Å². The van der Waals surface area contributed by atoms with Crippen molar-refractivity contribution in [1.29, 1.82) is 0 Å². The molecule has 0 saturated carbocycles. The van der Waals surface area contributed by atoms with Crippen molar-refractivity contribution in [2.75, 3.05) is 13.2 Å². The van der Waals surface area contributed by atoms with E-state index in [9.17, 15) is 19.8 Å². The number of esters is 1. The molecule has 0 radical (unpaired) electrons. The molecular weight excluding hydrogens is 851 g/mol. The highest BCUT2D eigenvalue weighted by molar-refractivity contribution is 5.76. The summed E-state index contributed by atoms with van der Waals surface area (Å²) < 4.78 is 5.48. The van der Waals surface area contributed by atoms with E-state index < -0.39 is 12.1 Å². The van der Waals surface area contributed by atoms with Gasteiger partial charge in [-0.05, 0) is 51.4 Å². The molecule has 6 heteroatoms. The van der Waals surface area contributed by atoms with Crippen LogP contribution >= 0.6 is 0 Å². The van der Waals surface area contributed by atoms with Crippen molar-refractivity contribution in [3.8, 4) is 0 Å². The van der Waals surface area contributed by atoms with Crippen LogP contribution in [0.4, 0.5) is 0 Å². The summed E-state index contributed by atoms with van der Waals surface area (Å²) in [5.41, 5.74) is 0. The van der Waals surface area contributed by atoms with E-state index in [0.717, 1.165) is 38.5 Å². The molecule has 69 heavy (non-hydrogen) atoms. The number of ether oxygens (including phenoxy) is 1. The van der Waals surface area contributed by atoms with Gasteiger partial charge >= 0.3 is 5.97 Å². The van der Waals surface area contributed by atoms with Crippen LogP contribution in [0.25, 0.3) is 0 Å². The molecule has 0 aliphatic carbocycles. The van der Waals surface area contributed by atoms with Crippen molar-refractivity contribution in [2.45, 2.75) is 366 Å². The molecule has 2 unspecified atom stereocenters. The van der Waals surface area contributed by atoms with Crippen molar-refractivity contribution >= 4 is 11.9 Å². The maximum absolute atomic E-state index is 12.4. The lowest BCUT2D eigenvalue weighted by Gasteiger charge is -2.22. The maximum Gasteiger partial charge on any atom is 0.305 e. The molecule has 6 nitrogen and oxygen atoms in total. The zero-order chi connectivity index (χ0) is 50.0. The molecule has 0 aliphatic rings. The van der Waals surface area contributed by atoms with Crippen LogP contribution in [0.1, 0.15) is 354 Å². The first-order valence-corrected chi connectivity index (χ1v) is 31.4. The number of unbranched alkanes of at least 4 members (excludes halogenated alkanes) is 46. The van der Waals surface area contributed by atoms with Gasteiger partial charge in [0.2, 0.25) is 5.91 Å². The van der Waals surface area contributed by atoms with Gasteiger partial charge in [-0.2, -0.15) is 0 Å². The van der Waals surface area contributed by atoms with Gasteiger partial charge in [-0.1, -0.05) is 302 Å². The van der Waals surface area contributed by atoms with Crippen molar-refractivity contribution in [1.82, 2.24) is 5.32 Å². The van der Waals surface area contributed by atoms with Crippen LogP contribution in [0.5, 0.6) is 0 Å². The van der Waals surface area contributed by atoms with Crippen LogP contribution < -0.4 is 5.32 Å². The van der Waals surface area contributed by atoms with Crippen molar-refractivity contribution in [3.63, 3.8) is 0 Å². The summed E-state index contributed by atoms with van der Waals surface area (Å²) in [6.45, 7) is 4.95. The second kappa shape index (κ2) is 59.2.